The Labute approximate surface area is 117 Å². The molecule has 0 bridgehead atoms. The highest BCUT2D eigenvalue weighted by molar-refractivity contribution is 5.15. The average Bonchev–Trinajstić information content (AvgIpc) is 3.21. The smallest absolute Gasteiger partial charge is 0.0239 e. The maximum Gasteiger partial charge on any atom is 0.0239 e. The molecule has 0 amide bonds. The predicted octanol–water partition coefficient (Wildman–Crippen LogP) is 3.21. The van der Waals surface area contributed by atoms with Gasteiger partial charge in [-0.05, 0) is 37.8 Å². The van der Waals surface area contributed by atoms with E-state index in [-0.39, 0.29) is 0 Å². The van der Waals surface area contributed by atoms with Gasteiger partial charge in [-0.1, -0.05) is 36.9 Å². The molecule has 1 aromatic carbocycles. The molecule has 0 spiro atoms. The van der Waals surface area contributed by atoms with Gasteiger partial charge in [0, 0.05) is 31.7 Å². The van der Waals surface area contributed by atoms with Crippen molar-refractivity contribution in [1.82, 2.24) is 10.2 Å². The van der Waals surface area contributed by atoms with E-state index in [4.69, 9.17) is 0 Å². The van der Waals surface area contributed by atoms with Crippen LogP contribution in [0.25, 0.3) is 0 Å². The second-order valence-electron chi connectivity index (χ2n) is 5.89. The molecule has 1 N–H and O–H groups in total. The Balaban J connectivity index is 1.82. The second kappa shape index (κ2) is 6.88. The summed E-state index contributed by atoms with van der Waals surface area (Å²) in [4.78, 5) is 2.48. The molecule has 0 heterocycles. The van der Waals surface area contributed by atoms with E-state index in [0.29, 0.717) is 6.04 Å². The molecule has 19 heavy (non-hydrogen) atoms. The monoisotopic (exact) mass is 258 g/mol. The van der Waals surface area contributed by atoms with E-state index in [9.17, 15) is 0 Å². The molecule has 0 aromatic heterocycles. The van der Waals surface area contributed by atoms with E-state index in [1.54, 1.807) is 0 Å². The number of hydrogen-bond acceptors (Lipinski definition) is 2. The third-order valence-corrected chi connectivity index (χ3v) is 3.60. The van der Waals surface area contributed by atoms with E-state index in [2.05, 4.69) is 61.0 Å². The lowest BCUT2D eigenvalue weighted by Crippen LogP contribution is -2.34. The van der Waals surface area contributed by atoms with Crippen LogP contribution >= 0.6 is 0 Å². The highest BCUT2D eigenvalue weighted by Crippen LogP contribution is 2.19. The predicted molar refractivity (Wildman–Crippen MR) is 82.2 cm³/mol. The molecule has 2 rings (SSSR count). The average molecular weight is 258 g/mol. The van der Waals surface area contributed by atoms with Crippen LogP contribution in [-0.4, -0.2) is 30.1 Å². The number of nitrogens with one attached hydrogen (secondary N) is 1. The highest BCUT2D eigenvalue weighted by atomic mass is 15.1. The molecule has 0 atom stereocenters. The van der Waals surface area contributed by atoms with Crippen LogP contribution in [0.2, 0.25) is 0 Å². The largest absolute Gasteiger partial charge is 0.310 e. The van der Waals surface area contributed by atoms with Gasteiger partial charge in [0.25, 0.3) is 0 Å². The summed E-state index contributed by atoms with van der Waals surface area (Å²) in [5.74, 6) is 0. The molecule has 0 unspecified atom stereocenters. The normalized spacial score (nSPS) is 15.2. The summed E-state index contributed by atoms with van der Waals surface area (Å²) in [7, 11) is 0. The molecule has 1 saturated carbocycles. The number of rotatable bonds is 8. The second-order valence-corrected chi connectivity index (χ2v) is 5.89. The van der Waals surface area contributed by atoms with E-state index >= 15 is 0 Å². The van der Waals surface area contributed by atoms with E-state index in [1.807, 2.05) is 0 Å². The van der Waals surface area contributed by atoms with Gasteiger partial charge in [-0.25, -0.2) is 0 Å². The van der Waals surface area contributed by atoms with Crippen molar-refractivity contribution < 1.29 is 0 Å². The maximum absolute atomic E-state index is 4.21. The molecular weight excluding hydrogens is 232 g/mol. The van der Waals surface area contributed by atoms with Gasteiger partial charge in [-0.15, -0.1) is 0 Å². The standard InChI is InChI=1S/C17H26N2/c1-14(2)19(13-16-7-5-4-6-8-16)12-15(3)11-18-17-9-10-17/h4-8,14,17-18H,3,9-13H2,1-2H3. The molecule has 104 valence electrons. The number of hydrogen-bond donors (Lipinski definition) is 1. The van der Waals surface area contributed by atoms with Gasteiger partial charge >= 0.3 is 0 Å². The van der Waals surface area contributed by atoms with Crippen LogP contribution in [0.1, 0.15) is 32.3 Å². The van der Waals surface area contributed by atoms with Gasteiger partial charge in [-0.2, -0.15) is 0 Å². The van der Waals surface area contributed by atoms with Gasteiger partial charge in [-0.3, -0.25) is 4.90 Å². The van der Waals surface area contributed by atoms with Crippen molar-refractivity contribution in [2.24, 2.45) is 0 Å². The van der Waals surface area contributed by atoms with Crippen molar-refractivity contribution in [3.05, 3.63) is 48.0 Å². The zero-order chi connectivity index (χ0) is 13.7. The highest BCUT2D eigenvalue weighted by Gasteiger charge is 2.20. The van der Waals surface area contributed by atoms with Gasteiger partial charge in [0.15, 0.2) is 0 Å². The van der Waals surface area contributed by atoms with Gasteiger partial charge in [0.2, 0.25) is 0 Å². The Hall–Kier alpha value is -1.12. The van der Waals surface area contributed by atoms with Crippen molar-refractivity contribution in [3.8, 4) is 0 Å². The Bertz CT molecular complexity index is 393. The fraction of sp³-hybridized carbons (Fsp3) is 0.529. The van der Waals surface area contributed by atoms with Gasteiger partial charge < -0.3 is 5.32 Å². The first-order valence-electron chi connectivity index (χ1n) is 7.33. The molecule has 2 heteroatoms. The first kappa shape index (κ1) is 14.3. The lowest BCUT2D eigenvalue weighted by atomic mass is 10.1. The van der Waals surface area contributed by atoms with Crippen LogP contribution in [0.5, 0.6) is 0 Å². The molecule has 1 aliphatic rings. The molecule has 0 saturated heterocycles. The maximum atomic E-state index is 4.21. The van der Waals surface area contributed by atoms with Crippen molar-refractivity contribution in [2.45, 2.75) is 45.3 Å². The SMILES string of the molecule is C=C(CNC1CC1)CN(Cc1ccccc1)C(C)C. The first-order chi connectivity index (χ1) is 9.15. The minimum absolute atomic E-state index is 0.540. The van der Waals surface area contributed by atoms with Gasteiger partial charge in [0.1, 0.15) is 0 Å². The molecule has 1 aliphatic carbocycles. The fourth-order valence-corrected chi connectivity index (χ4v) is 2.16. The molecule has 0 aliphatic heterocycles. The summed E-state index contributed by atoms with van der Waals surface area (Å²) in [6.45, 7) is 11.7. The summed E-state index contributed by atoms with van der Waals surface area (Å²) >= 11 is 0. The Morgan fingerprint density at radius 1 is 1.32 bits per heavy atom. The topological polar surface area (TPSA) is 15.3 Å². The zero-order valence-corrected chi connectivity index (χ0v) is 12.2. The third-order valence-electron chi connectivity index (χ3n) is 3.60. The summed E-state index contributed by atoms with van der Waals surface area (Å²) in [5.41, 5.74) is 2.66. The van der Waals surface area contributed by atoms with Crippen molar-refractivity contribution in [2.75, 3.05) is 13.1 Å². The Morgan fingerprint density at radius 3 is 2.58 bits per heavy atom. The van der Waals surface area contributed by atoms with E-state index in [0.717, 1.165) is 25.7 Å². The Kier molecular flexibility index (Phi) is 5.17. The van der Waals surface area contributed by atoms with Crippen molar-refractivity contribution in [1.29, 1.82) is 0 Å². The zero-order valence-electron chi connectivity index (χ0n) is 12.2. The van der Waals surface area contributed by atoms with Crippen LogP contribution in [0, 0.1) is 0 Å². The van der Waals surface area contributed by atoms with Crippen molar-refractivity contribution in [3.63, 3.8) is 0 Å². The summed E-state index contributed by atoms with van der Waals surface area (Å²) in [6.07, 6.45) is 2.68. The molecule has 1 aromatic rings. The van der Waals surface area contributed by atoms with Crippen LogP contribution in [0.15, 0.2) is 42.5 Å². The summed E-state index contributed by atoms with van der Waals surface area (Å²) < 4.78 is 0. The van der Waals surface area contributed by atoms with E-state index in [1.165, 1.54) is 24.0 Å². The fourth-order valence-electron chi connectivity index (χ4n) is 2.16. The number of nitrogens with zero attached hydrogens (tertiary/aromatic N) is 1. The van der Waals surface area contributed by atoms with Crippen LogP contribution in [0.4, 0.5) is 0 Å². The molecular formula is C17H26N2. The molecule has 2 nitrogen and oxygen atoms in total. The summed E-state index contributed by atoms with van der Waals surface area (Å²) in [6, 6.07) is 12.0. The molecule has 0 radical (unpaired) electrons. The summed E-state index contributed by atoms with van der Waals surface area (Å²) in [5, 5.41) is 3.54. The molecule has 1 fully saturated rings. The number of benzene rings is 1. The first-order valence-corrected chi connectivity index (χ1v) is 7.33. The van der Waals surface area contributed by atoms with Gasteiger partial charge in [0.05, 0.1) is 0 Å². The lowest BCUT2D eigenvalue weighted by molar-refractivity contribution is 0.230. The van der Waals surface area contributed by atoms with E-state index < -0.39 is 0 Å². The third kappa shape index (κ3) is 5.17. The quantitative estimate of drug-likeness (QED) is 0.720. The van der Waals surface area contributed by atoms with Crippen LogP contribution in [0.3, 0.4) is 0 Å². The lowest BCUT2D eigenvalue weighted by Gasteiger charge is -2.27. The van der Waals surface area contributed by atoms with Crippen LogP contribution in [-0.2, 0) is 6.54 Å². The van der Waals surface area contributed by atoms with Crippen LogP contribution < -0.4 is 5.32 Å². The Morgan fingerprint density at radius 2 is 2.00 bits per heavy atom. The minimum atomic E-state index is 0.540. The minimum Gasteiger partial charge on any atom is -0.310 e. The van der Waals surface area contributed by atoms with Crippen molar-refractivity contribution >= 4 is 0 Å².